The van der Waals surface area contributed by atoms with E-state index >= 15 is 0 Å². The lowest BCUT2D eigenvalue weighted by Crippen LogP contribution is -2.14. The van der Waals surface area contributed by atoms with E-state index in [1.807, 2.05) is 6.07 Å². The van der Waals surface area contributed by atoms with Gasteiger partial charge in [-0.1, -0.05) is 31.5 Å². The van der Waals surface area contributed by atoms with Gasteiger partial charge in [0.25, 0.3) is 5.92 Å². The first-order chi connectivity index (χ1) is 7.10. The summed E-state index contributed by atoms with van der Waals surface area (Å²) < 4.78 is 27.1. The zero-order chi connectivity index (χ0) is 11.3. The van der Waals surface area contributed by atoms with Crippen LogP contribution in [0.25, 0.3) is 0 Å². The van der Waals surface area contributed by atoms with Gasteiger partial charge in [0.15, 0.2) is 0 Å². The molecule has 0 heterocycles. The second-order valence-electron chi connectivity index (χ2n) is 3.69. The molecule has 0 radical (unpaired) electrons. The number of hydrogen-bond acceptors (Lipinski definition) is 1. The average Bonchev–Trinajstić information content (AvgIpc) is 2.19. The molecule has 84 valence electrons. The van der Waals surface area contributed by atoms with Gasteiger partial charge in [0.2, 0.25) is 0 Å². The molecule has 0 aliphatic rings. The normalized spacial score (nSPS) is 11.7. The highest BCUT2D eigenvalue weighted by atomic mass is 19.3. The maximum atomic E-state index is 13.6. The molecule has 1 aromatic carbocycles. The smallest absolute Gasteiger partial charge is 0.273 e. The highest BCUT2D eigenvalue weighted by Crippen LogP contribution is 2.32. The molecule has 0 fully saturated rings. The molecule has 0 saturated heterocycles. The van der Waals surface area contributed by atoms with Crippen LogP contribution in [0.2, 0.25) is 0 Å². The summed E-state index contributed by atoms with van der Waals surface area (Å²) in [6, 6.07) is 6.61. The van der Waals surface area contributed by atoms with E-state index < -0.39 is 5.92 Å². The highest BCUT2D eigenvalue weighted by Gasteiger charge is 2.29. The van der Waals surface area contributed by atoms with Gasteiger partial charge < -0.3 is 5.32 Å². The summed E-state index contributed by atoms with van der Waals surface area (Å²) in [5.74, 6) is -2.70. The summed E-state index contributed by atoms with van der Waals surface area (Å²) in [5, 5.41) is 2.95. The van der Waals surface area contributed by atoms with Crippen molar-refractivity contribution in [2.45, 2.75) is 32.2 Å². The number of halogens is 2. The number of hydrogen-bond donors (Lipinski definition) is 1. The van der Waals surface area contributed by atoms with Gasteiger partial charge in [-0.15, -0.1) is 0 Å². The molecule has 0 aliphatic carbocycles. The average molecular weight is 213 g/mol. The van der Waals surface area contributed by atoms with Crippen molar-refractivity contribution in [3.05, 3.63) is 35.4 Å². The van der Waals surface area contributed by atoms with E-state index in [0.717, 1.165) is 5.56 Å². The summed E-state index contributed by atoms with van der Waals surface area (Å²) in [7, 11) is 1.80. The van der Waals surface area contributed by atoms with Gasteiger partial charge in [0.1, 0.15) is 0 Å². The fourth-order valence-corrected chi connectivity index (χ4v) is 1.57. The lowest BCUT2D eigenvalue weighted by molar-refractivity contribution is -0.0141. The van der Waals surface area contributed by atoms with Gasteiger partial charge in [-0.2, -0.15) is 0 Å². The van der Waals surface area contributed by atoms with Gasteiger partial charge in [-0.3, -0.25) is 0 Å². The van der Waals surface area contributed by atoms with Crippen molar-refractivity contribution in [3.8, 4) is 0 Å². The largest absolute Gasteiger partial charge is 0.316 e. The van der Waals surface area contributed by atoms with E-state index in [1.165, 1.54) is 6.07 Å². The lowest BCUT2D eigenvalue weighted by Gasteiger charge is -2.16. The molecule has 0 spiro atoms. The lowest BCUT2D eigenvalue weighted by atomic mass is 10.0. The van der Waals surface area contributed by atoms with Crippen LogP contribution in [0.3, 0.4) is 0 Å². The van der Waals surface area contributed by atoms with Gasteiger partial charge in [0.05, 0.1) is 0 Å². The van der Waals surface area contributed by atoms with Gasteiger partial charge in [-0.25, -0.2) is 8.78 Å². The molecule has 3 heteroatoms. The monoisotopic (exact) mass is 213 g/mol. The SMILES string of the molecule is CCCC(F)(F)c1cccc(CNC)c1. The van der Waals surface area contributed by atoms with Crippen LogP contribution >= 0.6 is 0 Å². The molecule has 0 amide bonds. The second-order valence-corrected chi connectivity index (χ2v) is 3.69. The predicted octanol–water partition coefficient (Wildman–Crippen LogP) is 3.30. The van der Waals surface area contributed by atoms with E-state index in [4.69, 9.17) is 0 Å². The zero-order valence-corrected chi connectivity index (χ0v) is 9.19. The first-order valence-electron chi connectivity index (χ1n) is 5.22. The van der Waals surface area contributed by atoms with Crippen molar-refractivity contribution in [1.82, 2.24) is 5.32 Å². The molecule has 0 aliphatic heterocycles. The summed E-state index contributed by atoms with van der Waals surface area (Å²) in [4.78, 5) is 0. The van der Waals surface area contributed by atoms with Crippen molar-refractivity contribution >= 4 is 0 Å². The molecule has 1 N–H and O–H groups in total. The third kappa shape index (κ3) is 3.27. The molecular weight excluding hydrogens is 196 g/mol. The molecule has 0 atom stereocenters. The maximum absolute atomic E-state index is 13.6. The van der Waals surface area contributed by atoms with Crippen LogP contribution < -0.4 is 5.32 Å². The Morgan fingerprint density at radius 2 is 2.07 bits per heavy atom. The molecule has 1 nitrogen and oxygen atoms in total. The van der Waals surface area contributed by atoms with Gasteiger partial charge >= 0.3 is 0 Å². The summed E-state index contributed by atoms with van der Waals surface area (Å²) >= 11 is 0. The molecular formula is C12H17F2N. The first-order valence-corrected chi connectivity index (χ1v) is 5.22. The number of alkyl halides is 2. The van der Waals surface area contributed by atoms with E-state index in [9.17, 15) is 8.78 Å². The van der Waals surface area contributed by atoms with E-state index in [0.29, 0.717) is 13.0 Å². The minimum Gasteiger partial charge on any atom is -0.316 e. The fraction of sp³-hybridized carbons (Fsp3) is 0.500. The first kappa shape index (κ1) is 12.1. The second kappa shape index (κ2) is 5.21. The fourth-order valence-electron chi connectivity index (χ4n) is 1.57. The molecule has 15 heavy (non-hydrogen) atoms. The zero-order valence-electron chi connectivity index (χ0n) is 9.19. The van der Waals surface area contributed by atoms with Crippen LogP contribution in [0, 0.1) is 0 Å². The van der Waals surface area contributed by atoms with Gasteiger partial charge in [0, 0.05) is 18.5 Å². The van der Waals surface area contributed by atoms with Crippen LogP contribution in [0.1, 0.15) is 30.9 Å². The molecule has 0 aromatic heterocycles. The van der Waals surface area contributed by atoms with Crippen molar-refractivity contribution in [1.29, 1.82) is 0 Å². The summed E-state index contributed by atoms with van der Waals surface area (Å²) in [6.45, 7) is 2.39. The van der Waals surface area contributed by atoms with Crippen molar-refractivity contribution in [2.75, 3.05) is 7.05 Å². The quantitative estimate of drug-likeness (QED) is 0.791. The Morgan fingerprint density at radius 3 is 2.67 bits per heavy atom. The Hall–Kier alpha value is -0.960. The van der Waals surface area contributed by atoms with Crippen LogP contribution in [0.4, 0.5) is 8.78 Å². The molecule has 0 saturated carbocycles. The van der Waals surface area contributed by atoms with Crippen LogP contribution in [-0.2, 0) is 12.5 Å². The van der Waals surface area contributed by atoms with E-state index in [1.54, 1.807) is 26.1 Å². The van der Waals surface area contributed by atoms with Crippen LogP contribution in [0.5, 0.6) is 0 Å². The minimum atomic E-state index is -2.70. The Kier molecular flexibility index (Phi) is 4.21. The predicted molar refractivity (Wildman–Crippen MR) is 58.0 cm³/mol. The van der Waals surface area contributed by atoms with Crippen molar-refractivity contribution in [2.24, 2.45) is 0 Å². The van der Waals surface area contributed by atoms with E-state index in [2.05, 4.69) is 5.32 Å². The Morgan fingerprint density at radius 1 is 1.33 bits per heavy atom. The van der Waals surface area contributed by atoms with E-state index in [-0.39, 0.29) is 12.0 Å². The van der Waals surface area contributed by atoms with Crippen LogP contribution in [-0.4, -0.2) is 7.05 Å². The Labute approximate surface area is 89.5 Å². The Balaban J connectivity index is 2.88. The third-order valence-corrected chi connectivity index (χ3v) is 2.29. The topological polar surface area (TPSA) is 12.0 Å². The highest BCUT2D eigenvalue weighted by molar-refractivity contribution is 5.26. The number of benzene rings is 1. The van der Waals surface area contributed by atoms with Gasteiger partial charge in [-0.05, 0) is 18.7 Å². The van der Waals surface area contributed by atoms with Crippen molar-refractivity contribution < 1.29 is 8.78 Å². The number of nitrogens with one attached hydrogen (secondary N) is 1. The molecule has 0 unspecified atom stereocenters. The van der Waals surface area contributed by atoms with Crippen molar-refractivity contribution in [3.63, 3.8) is 0 Å². The minimum absolute atomic E-state index is 0.0873. The van der Waals surface area contributed by atoms with Crippen LogP contribution in [0.15, 0.2) is 24.3 Å². The maximum Gasteiger partial charge on any atom is 0.273 e. The Bertz CT molecular complexity index is 310. The molecule has 1 aromatic rings. The third-order valence-electron chi connectivity index (χ3n) is 2.29. The standard InChI is InChI=1S/C12H17F2N/c1-3-7-12(13,14)11-6-4-5-10(8-11)9-15-2/h4-6,8,15H,3,7,9H2,1-2H3. The molecule has 1 rings (SSSR count). The molecule has 0 bridgehead atoms. The summed E-state index contributed by atoms with van der Waals surface area (Å²) in [6.07, 6.45) is 0.402. The summed E-state index contributed by atoms with van der Waals surface area (Å²) in [5.41, 5.74) is 1.02. The number of rotatable bonds is 5.